The zero-order chi connectivity index (χ0) is 29.8. The number of amides is 1. The minimum Gasteiger partial charge on any atom is -0.302 e. The third-order valence-corrected chi connectivity index (χ3v) is 10.8. The predicted octanol–water partition coefficient (Wildman–Crippen LogP) is 4.51. The van der Waals surface area contributed by atoms with E-state index in [1.807, 2.05) is 44.2 Å². The summed E-state index contributed by atoms with van der Waals surface area (Å²) in [6.45, 7) is 6.83. The molecular weight excluding hydrogens is 581 g/mol. The van der Waals surface area contributed by atoms with Crippen molar-refractivity contribution in [1.29, 1.82) is 0 Å². The number of hydrogen-bond donors (Lipinski definition) is 0. The lowest BCUT2D eigenvalue weighted by atomic mass is 10.2. The highest BCUT2D eigenvalue weighted by atomic mass is 32.2. The smallest absolute Gasteiger partial charge is 0.260 e. The molecule has 41 heavy (non-hydrogen) atoms. The Labute approximate surface area is 246 Å². The normalized spacial score (nSPS) is 12.3. The molecule has 0 aliphatic rings. The third kappa shape index (κ3) is 7.02. The first-order valence-electron chi connectivity index (χ1n) is 13.2. The zero-order valence-electron chi connectivity index (χ0n) is 23.5. The standard InChI is InChI=1S/C29H34N4O5S3/c1-5-32(6-2)19-20-33(29-30-27-25(39-29)13-10-14-26(27)40(4,35)36)28(34)23-15-17-24(18-16-23)41(37,38)31(3)21-22-11-8-7-9-12-22/h7-18H,5-6,19-21H2,1-4H3. The van der Waals surface area contributed by atoms with E-state index < -0.39 is 19.9 Å². The lowest BCUT2D eigenvalue weighted by Gasteiger charge is -2.25. The van der Waals surface area contributed by atoms with Crippen molar-refractivity contribution in [3.8, 4) is 0 Å². The quantitative estimate of drug-likeness (QED) is 0.231. The van der Waals surface area contributed by atoms with E-state index in [4.69, 9.17) is 0 Å². The number of carbonyl (C=O) groups is 1. The van der Waals surface area contributed by atoms with E-state index in [0.717, 1.165) is 24.9 Å². The van der Waals surface area contributed by atoms with Gasteiger partial charge in [-0.3, -0.25) is 9.69 Å². The average Bonchev–Trinajstić information content (AvgIpc) is 3.39. The van der Waals surface area contributed by atoms with Gasteiger partial charge in [-0.25, -0.2) is 21.8 Å². The molecule has 4 rings (SSSR count). The van der Waals surface area contributed by atoms with E-state index >= 15 is 0 Å². The number of benzene rings is 3. The van der Waals surface area contributed by atoms with E-state index in [2.05, 4.69) is 9.88 Å². The summed E-state index contributed by atoms with van der Waals surface area (Å²) in [5.41, 5.74) is 1.50. The van der Waals surface area contributed by atoms with Crippen molar-refractivity contribution in [3.63, 3.8) is 0 Å². The highest BCUT2D eigenvalue weighted by Crippen LogP contribution is 2.33. The third-order valence-electron chi connectivity index (χ3n) is 6.84. The number of anilines is 1. The second kappa shape index (κ2) is 12.8. The Hall–Kier alpha value is -3.16. The summed E-state index contributed by atoms with van der Waals surface area (Å²) in [6, 6.07) is 20.2. The molecule has 0 radical (unpaired) electrons. The lowest BCUT2D eigenvalue weighted by Crippen LogP contribution is -2.38. The Morgan fingerprint density at radius 1 is 0.854 bits per heavy atom. The van der Waals surface area contributed by atoms with Gasteiger partial charge in [0.25, 0.3) is 5.91 Å². The lowest BCUT2D eigenvalue weighted by molar-refractivity contribution is 0.0983. The SMILES string of the molecule is CCN(CC)CCN(C(=O)c1ccc(S(=O)(=O)N(C)Cc2ccccc2)cc1)c1nc2c(S(C)(=O)=O)cccc2s1. The molecule has 0 spiro atoms. The van der Waals surface area contributed by atoms with Gasteiger partial charge in [0.2, 0.25) is 10.0 Å². The summed E-state index contributed by atoms with van der Waals surface area (Å²) >= 11 is 1.25. The Morgan fingerprint density at radius 3 is 2.12 bits per heavy atom. The zero-order valence-corrected chi connectivity index (χ0v) is 26.0. The van der Waals surface area contributed by atoms with E-state index in [-0.39, 0.29) is 22.2 Å². The summed E-state index contributed by atoms with van der Waals surface area (Å²) in [6.07, 6.45) is 1.14. The molecule has 3 aromatic carbocycles. The highest BCUT2D eigenvalue weighted by molar-refractivity contribution is 7.91. The monoisotopic (exact) mass is 614 g/mol. The van der Waals surface area contributed by atoms with E-state index in [0.29, 0.717) is 34.0 Å². The van der Waals surface area contributed by atoms with Crippen molar-refractivity contribution in [2.45, 2.75) is 30.2 Å². The van der Waals surface area contributed by atoms with E-state index in [1.54, 1.807) is 17.0 Å². The Kier molecular flexibility index (Phi) is 9.60. The number of likely N-dealkylation sites (N-methyl/N-ethyl adjacent to an activating group) is 1. The van der Waals surface area contributed by atoms with Gasteiger partial charge in [-0.2, -0.15) is 4.31 Å². The van der Waals surface area contributed by atoms with Gasteiger partial charge in [-0.15, -0.1) is 0 Å². The van der Waals surface area contributed by atoms with Crippen LogP contribution in [0.3, 0.4) is 0 Å². The second-order valence-electron chi connectivity index (χ2n) is 9.63. The van der Waals surface area contributed by atoms with Crippen LogP contribution in [0.15, 0.2) is 82.6 Å². The summed E-state index contributed by atoms with van der Waals surface area (Å²) < 4.78 is 53.0. The van der Waals surface area contributed by atoms with Crippen molar-refractivity contribution < 1.29 is 21.6 Å². The Morgan fingerprint density at radius 2 is 1.51 bits per heavy atom. The number of sulfone groups is 1. The Bertz CT molecular complexity index is 1720. The van der Waals surface area contributed by atoms with Crippen LogP contribution >= 0.6 is 11.3 Å². The summed E-state index contributed by atoms with van der Waals surface area (Å²) in [7, 11) is -5.78. The molecule has 1 amide bonds. The highest BCUT2D eigenvalue weighted by Gasteiger charge is 2.26. The fourth-order valence-electron chi connectivity index (χ4n) is 4.42. The first kappa shape index (κ1) is 30.8. The van der Waals surface area contributed by atoms with Crippen LogP contribution in [0.4, 0.5) is 5.13 Å². The minimum atomic E-state index is -3.78. The van der Waals surface area contributed by atoms with Crippen molar-refractivity contribution in [2.75, 3.05) is 44.4 Å². The minimum absolute atomic E-state index is 0.0833. The first-order chi connectivity index (χ1) is 19.5. The molecule has 0 aliphatic heterocycles. The number of sulfonamides is 1. The molecule has 0 unspecified atom stereocenters. The molecule has 0 atom stereocenters. The molecule has 0 bridgehead atoms. The van der Waals surface area contributed by atoms with Crippen LogP contribution in [-0.4, -0.2) is 76.4 Å². The maximum atomic E-state index is 13.8. The number of thiazole rings is 1. The fraction of sp³-hybridized carbons (Fsp3) is 0.310. The topological polar surface area (TPSA) is 108 Å². The van der Waals surface area contributed by atoms with Crippen LogP contribution in [0.2, 0.25) is 0 Å². The molecule has 1 heterocycles. The van der Waals surface area contributed by atoms with Crippen LogP contribution < -0.4 is 4.90 Å². The van der Waals surface area contributed by atoms with Gasteiger partial charge in [0.05, 0.1) is 14.5 Å². The molecule has 1 aromatic heterocycles. The molecule has 218 valence electrons. The molecule has 0 N–H and O–H groups in total. The van der Waals surface area contributed by atoms with Crippen molar-refractivity contribution in [1.82, 2.24) is 14.2 Å². The molecule has 12 heteroatoms. The summed E-state index contributed by atoms with van der Waals surface area (Å²) in [5.74, 6) is -0.348. The van der Waals surface area contributed by atoms with Crippen LogP contribution in [-0.2, 0) is 26.4 Å². The van der Waals surface area contributed by atoms with Gasteiger partial charge in [-0.05, 0) is 55.1 Å². The van der Waals surface area contributed by atoms with Gasteiger partial charge < -0.3 is 4.90 Å². The molecule has 0 aliphatic carbocycles. The molecule has 0 saturated carbocycles. The van der Waals surface area contributed by atoms with Gasteiger partial charge in [0, 0.05) is 38.5 Å². The number of hydrogen-bond acceptors (Lipinski definition) is 8. The van der Waals surface area contributed by atoms with Crippen molar-refractivity contribution in [3.05, 3.63) is 83.9 Å². The molecular formula is C29H34N4O5S3. The maximum Gasteiger partial charge on any atom is 0.260 e. The average molecular weight is 615 g/mol. The molecule has 0 saturated heterocycles. The molecule has 0 fully saturated rings. The maximum absolute atomic E-state index is 13.8. The number of carbonyl (C=O) groups excluding carboxylic acids is 1. The predicted molar refractivity (Wildman–Crippen MR) is 164 cm³/mol. The van der Waals surface area contributed by atoms with Gasteiger partial charge in [-0.1, -0.05) is 61.6 Å². The molecule has 9 nitrogen and oxygen atoms in total. The van der Waals surface area contributed by atoms with Gasteiger partial charge in [0.1, 0.15) is 5.52 Å². The number of fused-ring (bicyclic) bond motifs is 1. The Balaban J connectivity index is 1.65. The van der Waals surface area contributed by atoms with Crippen molar-refractivity contribution >= 4 is 52.5 Å². The van der Waals surface area contributed by atoms with Crippen LogP contribution in [0.5, 0.6) is 0 Å². The molecule has 4 aromatic rings. The summed E-state index contributed by atoms with van der Waals surface area (Å²) in [5, 5.41) is 0.382. The van der Waals surface area contributed by atoms with E-state index in [1.165, 1.54) is 53.0 Å². The first-order valence-corrected chi connectivity index (χ1v) is 17.3. The van der Waals surface area contributed by atoms with Gasteiger partial charge in [0.15, 0.2) is 15.0 Å². The fourth-order valence-corrected chi connectivity index (χ4v) is 7.50. The summed E-state index contributed by atoms with van der Waals surface area (Å²) in [4.78, 5) is 22.3. The van der Waals surface area contributed by atoms with Gasteiger partial charge >= 0.3 is 0 Å². The number of rotatable bonds is 12. The van der Waals surface area contributed by atoms with E-state index in [9.17, 15) is 21.6 Å². The number of nitrogens with zero attached hydrogens (tertiary/aromatic N) is 4. The van der Waals surface area contributed by atoms with Crippen LogP contribution in [0.1, 0.15) is 29.8 Å². The number of aromatic nitrogens is 1. The number of para-hydroxylation sites is 1. The van der Waals surface area contributed by atoms with Crippen LogP contribution in [0.25, 0.3) is 10.2 Å². The second-order valence-corrected chi connectivity index (χ2v) is 14.7. The van der Waals surface area contributed by atoms with Crippen LogP contribution in [0, 0.1) is 0 Å². The van der Waals surface area contributed by atoms with Crippen molar-refractivity contribution in [2.24, 2.45) is 0 Å². The largest absolute Gasteiger partial charge is 0.302 e.